The summed E-state index contributed by atoms with van der Waals surface area (Å²) in [6.07, 6.45) is 3.44. The van der Waals surface area contributed by atoms with E-state index in [2.05, 4.69) is 27.4 Å². The maximum Gasteiger partial charge on any atom is 0.274 e. The Morgan fingerprint density at radius 1 is 1.09 bits per heavy atom. The van der Waals surface area contributed by atoms with E-state index >= 15 is 0 Å². The lowest BCUT2D eigenvalue weighted by Gasteiger charge is -2.38. The Kier molecular flexibility index (Phi) is 5.52. The SMILES string of the molecule is O=C(Nc1cccc2ncn([C@@H]3CC[C@H]3c3ccccc3)c(=O)c12)c1cc(Cl)c(O)c(Cl)n1. The standard InChI is InChI=1S/C24H18Cl2N4O3/c25-15-11-18(28-22(26)21(15)31)23(32)29-17-8-4-7-16-20(17)24(33)30(12-27-16)19-10-9-14(19)13-5-2-1-3-6-13/h1-8,11-12,14,19,31H,9-10H2,(H,29,32)/t14-,19+/m0/s1. The molecule has 0 radical (unpaired) electrons. The van der Waals surface area contributed by atoms with Gasteiger partial charge in [-0.15, -0.1) is 0 Å². The van der Waals surface area contributed by atoms with Crippen LogP contribution in [0.1, 0.15) is 40.9 Å². The molecular formula is C24H18Cl2N4O3. The van der Waals surface area contributed by atoms with Gasteiger partial charge >= 0.3 is 0 Å². The summed E-state index contributed by atoms with van der Waals surface area (Å²) in [7, 11) is 0. The van der Waals surface area contributed by atoms with E-state index in [9.17, 15) is 14.7 Å². The summed E-state index contributed by atoms with van der Waals surface area (Å²) in [5, 5.41) is 12.3. The van der Waals surface area contributed by atoms with Gasteiger partial charge in [0.1, 0.15) is 5.69 Å². The first-order chi connectivity index (χ1) is 15.9. The van der Waals surface area contributed by atoms with Crippen LogP contribution in [0, 0.1) is 0 Å². The minimum atomic E-state index is -0.619. The number of carbonyl (C=O) groups excluding carboxylic acids is 1. The van der Waals surface area contributed by atoms with Crippen LogP contribution in [0.5, 0.6) is 5.75 Å². The topological polar surface area (TPSA) is 97.1 Å². The fourth-order valence-electron chi connectivity index (χ4n) is 4.20. The van der Waals surface area contributed by atoms with Crippen molar-refractivity contribution in [1.29, 1.82) is 0 Å². The molecule has 2 heterocycles. The van der Waals surface area contributed by atoms with Gasteiger partial charge in [0.2, 0.25) is 0 Å². The monoisotopic (exact) mass is 480 g/mol. The zero-order chi connectivity index (χ0) is 23.1. The summed E-state index contributed by atoms with van der Waals surface area (Å²) in [6, 6.07) is 16.4. The molecule has 33 heavy (non-hydrogen) atoms. The molecule has 7 nitrogen and oxygen atoms in total. The summed E-state index contributed by atoms with van der Waals surface area (Å²) in [4.78, 5) is 34.7. The van der Waals surface area contributed by atoms with Crippen molar-refractivity contribution in [2.24, 2.45) is 0 Å². The number of pyridine rings is 1. The van der Waals surface area contributed by atoms with Gasteiger partial charge in [0.15, 0.2) is 10.9 Å². The number of hydrogen-bond acceptors (Lipinski definition) is 5. The molecule has 4 aromatic rings. The Labute approximate surface area is 198 Å². The number of aromatic nitrogens is 3. The van der Waals surface area contributed by atoms with Crippen LogP contribution in [0.2, 0.25) is 10.2 Å². The van der Waals surface area contributed by atoms with Gasteiger partial charge in [-0.2, -0.15) is 0 Å². The number of amides is 1. The average Bonchev–Trinajstić information content (AvgIpc) is 2.79. The van der Waals surface area contributed by atoms with Crippen molar-refractivity contribution in [3.8, 4) is 5.75 Å². The molecule has 2 atom stereocenters. The second-order valence-electron chi connectivity index (χ2n) is 7.90. The van der Waals surface area contributed by atoms with Gasteiger partial charge < -0.3 is 10.4 Å². The molecule has 2 aromatic carbocycles. The van der Waals surface area contributed by atoms with Crippen molar-refractivity contribution < 1.29 is 9.90 Å². The molecule has 166 valence electrons. The Morgan fingerprint density at radius 3 is 2.58 bits per heavy atom. The summed E-state index contributed by atoms with van der Waals surface area (Å²) in [6.45, 7) is 0. The minimum absolute atomic E-state index is 0.00284. The molecule has 9 heteroatoms. The molecule has 1 amide bonds. The van der Waals surface area contributed by atoms with Crippen LogP contribution in [0.25, 0.3) is 10.9 Å². The van der Waals surface area contributed by atoms with Gasteiger partial charge in [-0.05, 0) is 36.6 Å². The predicted octanol–water partition coefficient (Wildman–Crippen LogP) is 5.17. The number of anilines is 1. The molecule has 5 rings (SSSR count). The van der Waals surface area contributed by atoms with E-state index in [1.165, 1.54) is 11.6 Å². The molecule has 1 aliphatic carbocycles. The van der Waals surface area contributed by atoms with Crippen LogP contribution < -0.4 is 10.9 Å². The fourth-order valence-corrected chi connectivity index (χ4v) is 4.64. The molecule has 0 aliphatic heterocycles. The van der Waals surface area contributed by atoms with Crippen molar-refractivity contribution >= 4 is 45.7 Å². The number of carbonyl (C=O) groups is 1. The van der Waals surface area contributed by atoms with Crippen LogP contribution in [0.15, 0.2) is 65.7 Å². The molecule has 0 bridgehead atoms. The molecule has 1 aliphatic rings. The van der Waals surface area contributed by atoms with E-state index in [4.69, 9.17) is 23.2 Å². The van der Waals surface area contributed by atoms with Gasteiger partial charge in [-0.25, -0.2) is 9.97 Å². The summed E-state index contributed by atoms with van der Waals surface area (Å²) < 4.78 is 1.66. The molecule has 0 spiro atoms. The Bertz CT molecular complexity index is 1420. The van der Waals surface area contributed by atoms with E-state index in [0.29, 0.717) is 16.6 Å². The zero-order valence-electron chi connectivity index (χ0n) is 17.2. The van der Waals surface area contributed by atoms with Crippen LogP contribution in [0.3, 0.4) is 0 Å². The van der Waals surface area contributed by atoms with Crippen molar-refractivity contribution in [2.75, 3.05) is 5.32 Å². The Balaban J connectivity index is 1.52. The molecule has 2 N–H and O–H groups in total. The van der Waals surface area contributed by atoms with E-state index in [1.54, 1.807) is 29.1 Å². The Hall–Kier alpha value is -3.42. The van der Waals surface area contributed by atoms with E-state index in [1.807, 2.05) is 18.2 Å². The van der Waals surface area contributed by atoms with Gasteiger partial charge in [-0.1, -0.05) is 59.6 Å². The quantitative estimate of drug-likeness (QED) is 0.392. The summed E-state index contributed by atoms with van der Waals surface area (Å²) in [5.41, 5.74) is 1.65. The predicted molar refractivity (Wildman–Crippen MR) is 127 cm³/mol. The van der Waals surface area contributed by atoms with Crippen molar-refractivity contribution in [1.82, 2.24) is 14.5 Å². The number of halogens is 2. The number of benzene rings is 2. The lowest BCUT2D eigenvalue weighted by molar-refractivity contribution is 0.102. The van der Waals surface area contributed by atoms with Crippen LogP contribution in [-0.2, 0) is 0 Å². The highest BCUT2D eigenvalue weighted by atomic mass is 35.5. The lowest BCUT2D eigenvalue weighted by atomic mass is 9.75. The molecule has 0 unspecified atom stereocenters. The van der Waals surface area contributed by atoms with Crippen LogP contribution in [0.4, 0.5) is 5.69 Å². The highest BCUT2D eigenvalue weighted by Gasteiger charge is 2.34. The van der Waals surface area contributed by atoms with Gasteiger partial charge in [-0.3, -0.25) is 14.2 Å². The molecule has 1 fully saturated rings. The lowest BCUT2D eigenvalue weighted by Crippen LogP contribution is -2.35. The van der Waals surface area contributed by atoms with Crippen LogP contribution in [-0.4, -0.2) is 25.5 Å². The summed E-state index contributed by atoms with van der Waals surface area (Å²) in [5.74, 6) is -0.789. The second kappa shape index (κ2) is 8.50. The number of rotatable bonds is 4. The fraction of sp³-hybridized carbons (Fsp3) is 0.167. The van der Waals surface area contributed by atoms with Gasteiger partial charge in [0, 0.05) is 12.0 Å². The third kappa shape index (κ3) is 3.83. The van der Waals surface area contributed by atoms with Crippen molar-refractivity contribution in [3.05, 3.63) is 92.7 Å². The molecule has 1 saturated carbocycles. The van der Waals surface area contributed by atoms with Crippen LogP contribution >= 0.6 is 23.2 Å². The molecule has 2 aromatic heterocycles. The second-order valence-corrected chi connectivity index (χ2v) is 8.67. The number of nitrogens with one attached hydrogen (secondary N) is 1. The highest BCUT2D eigenvalue weighted by molar-refractivity contribution is 6.36. The number of nitrogens with zero attached hydrogens (tertiary/aromatic N) is 3. The van der Waals surface area contributed by atoms with E-state index in [0.717, 1.165) is 12.8 Å². The first-order valence-corrected chi connectivity index (χ1v) is 11.1. The normalized spacial score (nSPS) is 17.5. The smallest absolute Gasteiger partial charge is 0.274 e. The third-order valence-corrected chi connectivity index (χ3v) is 6.57. The third-order valence-electron chi connectivity index (χ3n) is 6.02. The highest BCUT2D eigenvalue weighted by Crippen LogP contribution is 2.45. The number of hydrogen-bond donors (Lipinski definition) is 2. The first-order valence-electron chi connectivity index (χ1n) is 10.3. The maximum absolute atomic E-state index is 13.5. The van der Waals surface area contributed by atoms with E-state index < -0.39 is 11.7 Å². The van der Waals surface area contributed by atoms with Crippen molar-refractivity contribution in [3.63, 3.8) is 0 Å². The summed E-state index contributed by atoms with van der Waals surface area (Å²) >= 11 is 11.8. The maximum atomic E-state index is 13.5. The van der Waals surface area contributed by atoms with Crippen molar-refractivity contribution in [2.45, 2.75) is 24.8 Å². The number of aromatic hydroxyl groups is 1. The van der Waals surface area contributed by atoms with Gasteiger partial charge in [0.05, 0.1) is 27.9 Å². The molecule has 0 saturated heterocycles. The Morgan fingerprint density at radius 2 is 1.88 bits per heavy atom. The minimum Gasteiger partial charge on any atom is -0.504 e. The van der Waals surface area contributed by atoms with Gasteiger partial charge in [0.25, 0.3) is 11.5 Å². The average molecular weight is 481 g/mol. The first kappa shape index (κ1) is 21.4. The van der Waals surface area contributed by atoms with E-state index in [-0.39, 0.29) is 33.4 Å². The number of fused-ring (bicyclic) bond motifs is 1. The molecular weight excluding hydrogens is 463 g/mol. The zero-order valence-corrected chi connectivity index (χ0v) is 18.7. The largest absolute Gasteiger partial charge is 0.504 e.